The van der Waals surface area contributed by atoms with Gasteiger partial charge in [0.1, 0.15) is 17.3 Å². The average molecular weight is 515 g/mol. The van der Waals surface area contributed by atoms with E-state index < -0.39 is 0 Å². The number of aromatic nitrogens is 1. The van der Waals surface area contributed by atoms with E-state index in [-0.39, 0.29) is 31.3 Å². The third kappa shape index (κ3) is 7.17. The first-order valence-electron chi connectivity index (χ1n) is 11.9. The van der Waals surface area contributed by atoms with Gasteiger partial charge in [0.05, 0.1) is 25.8 Å². The van der Waals surface area contributed by atoms with Gasteiger partial charge in [0, 0.05) is 36.4 Å². The first-order chi connectivity index (χ1) is 17.9. The number of carbonyl (C=O) groups excluding carboxylic acids is 2. The second-order valence-corrected chi connectivity index (χ2v) is 9.70. The third-order valence-electron chi connectivity index (χ3n) is 5.82. The number of hydrogen-bond donors (Lipinski definition) is 1. The minimum atomic E-state index is -0.258. The summed E-state index contributed by atoms with van der Waals surface area (Å²) in [5.41, 5.74) is 4.40. The molecule has 0 atom stereocenters. The Kier molecular flexibility index (Phi) is 8.53. The Morgan fingerprint density at radius 1 is 0.946 bits per heavy atom. The van der Waals surface area contributed by atoms with Gasteiger partial charge >= 0.3 is 0 Å². The topological polar surface area (TPSA) is 74.8 Å². The molecule has 0 bridgehead atoms. The summed E-state index contributed by atoms with van der Waals surface area (Å²) in [6.45, 7) is 0.179. The summed E-state index contributed by atoms with van der Waals surface area (Å²) in [4.78, 5) is 34.5. The lowest BCUT2D eigenvalue weighted by molar-refractivity contribution is -0.134. The maximum Gasteiger partial charge on any atom is 0.244 e. The van der Waals surface area contributed by atoms with Gasteiger partial charge in [-0.15, -0.1) is 11.3 Å². The quantitative estimate of drug-likeness (QED) is 0.319. The second-order valence-electron chi connectivity index (χ2n) is 8.76. The van der Waals surface area contributed by atoms with E-state index in [4.69, 9.17) is 9.72 Å². The van der Waals surface area contributed by atoms with Gasteiger partial charge in [-0.1, -0.05) is 30.3 Å². The SMILES string of the molecule is COc1ccc(-c2csc(CN(CC(=O)Nc3ccc(N(C)C)cc3)C(=O)Cc3ccccc3)n2)cc1. The molecule has 0 spiro atoms. The number of benzene rings is 3. The van der Waals surface area contributed by atoms with Crippen molar-refractivity contribution in [3.8, 4) is 17.0 Å². The highest BCUT2D eigenvalue weighted by Gasteiger charge is 2.20. The van der Waals surface area contributed by atoms with Crippen molar-refractivity contribution in [3.05, 3.63) is 94.8 Å². The van der Waals surface area contributed by atoms with Crippen LogP contribution in [0.25, 0.3) is 11.3 Å². The molecule has 0 fully saturated rings. The number of methoxy groups -OCH3 is 1. The van der Waals surface area contributed by atoms with Crippen LogP contribution < -0.4 is 15.0 Å². The Hall–Kier alpha value is -4.17. The van der Waals surface area contributed by atoms with Gasteiger partial charge in [0.15, 0.2) is 0 Å². The van der Waals surface area contributed by atoms with Crippen molar-refractivity contribution in [2.45, 2.75) is 13.0 Å². The summed E-state index contributed by atoms with van der Waals surface area (Å²) in [7, 11) is 5.55. The zero-order chi connectivity index (χ0) is 26.2. The molecule has 0 aliphatic rings. The van der Waals surface area contributed by atoms with Crippen molar-refractivity contribution in [3.63, 3.8) is 0 Å². The maximum absolute atomic E-state index is 13.3. The molecule has 1 heterocycles. The number of nitrogens with one attached hydrogen (secondary N) is 1. The molecule has 0 unspecified atom stereocenters. The lowest BCUT2D eigenvalue weighted by atomic mass is 10.1. The van der Waals surface area contributed by atoms with Crippen molar-refractivity contribution in [1.82, 2.24) is 9.88 Å². The van der Waals surface area contributed by atoms with E-state index in [2.05, 4.69) is 5.32 Å². The smallest absolute Gasteiger partial charge is 0.244 e. The lowest BCUT2D eigenvalue weighted by Crippen LogP contribution is -2.38. The normalized spacial score (nSPS) is 10.6. The molecule has 0 aliphatic heterocycles. The number of ether oxygens (including phenoxy) is 1. The maximum atomic E-state index is 13.3. The van der Waals surface area contributed by atoms with Crippen LogP contribution in [0.5, 0.6) is 5.75 Å². The molecule has 0 saturated heterocycles. The van der Waals surface area contributed by atoms with Crippen LogP contribution in [-0.2, 0) is 22.6 Å². The fraction of sp³-hybridized carbons (Fsp3) is 0.207. The molecule has 2 amide bonds. The molecule has 4 aromatic rings. The zero-order valence-corrected chi connectivity index (χ0v) is 22.0. The number of thiazole rings is 1. The average Bonchev–Trinajstić information content (AvgIpc) is 3.38. The van der Waals surface area contributed by atoms with E-state index >= 15 is 0 Å². The van der Waals surface area contributed by atoms with Crippen molar-refractivity contribution in [2.75, 3.05) is 38.0 Å². The number of rotatable bonds is 10. The Morgan fingerprint density at radius 2 is 1.65 bits per heavy atom. The molecule has 8 heteroatoms. The first-order valence-corrected chi connectivity index (χ1v) is 12.8. The molecule has 4 rings (SSSR count). The summed E-state index contributed by atoms with van der Waals surface area (Å²) < 4.78 is 5.23. The Bertz CT molecular complexity index is 1320. The van der Waals surface area contributed by atoms with E-state index in [1.165, 1.54) is 11.3 Å². The van der Waals surface area contributed by atoms with Crippen LogP contribution >= 0.6 is 11.3 Å². The molecule has 0 radical (unpaired) electrons. The summed E-state index contributed by atoms with van der Waals surface area (Å²) in [6.07, 6.45) is 0.211. The fourth-order valence-corrected chi connectivity index (χ4v) is 4.59. The molecule has 0 saturated carbocycles. The monoisotopic (exact) mass is 514 g/mol. The molecule has 37 heavy (non-hydrogen) atoms. The third-order valence-corrected chi connectivity index (χ3v) is 6.65. The Balaban J connectivity index is 1.48. The molecular weight excluding hydrogens is 484 g/mol. The van der Waals surface area contributed by atoms with Gasteiger partial charge in [0.25, 0.3) is 0 Å². The highest BCUT2D eigenvalue weighted by molar-refractivity contribution is 7.09. The Morgan fingerprint density at radius 3 is 2.30 bits per heavy atom. The van der Waals surface area contributed by atoms with Crippen LogP contribution in [0.3, 0.4) is 0 Å². The van der Waals surface area contributed by atoms with E-state index in [0.717, 1.165) is 33.3 Å². The summed E-state index contributed by atoms with van der Waals surface area (Å²) in [5, 5.41) is 5.63. The highest BCUT2D eigenvalue weighted by atomic mass is 32.1. The molecule has 190 valence electrons. The number of anilines is 2. The minimum Gasteiger partial charge on any atom is -0.497 e. The molecule has 3 aromatic carbocycles. The minimum absolute atomic E-state index is 0.0709. The molecule has 7 nitrogen and oxygen atoms in total. The van der Waals surface area contributed by atoms with Crippen molar-refractivity contribution >= 4 is 34.5 Å². The van der Waals surface area contributed by atoms with Gasteiger partial charge in [-0.05, 0) is 54.1 Å². The number of nitrogens with zero attached hydrogens (tertiary/aromatic N) is 3. The predicted octanol–water partition coefficient (Wildman–Crippen LogP) is 5.09. The van der Waals surface area contributed by atoms with Crippen LogP contribution in [0, 0.1) is 0 Å². The fourth-order valence-electron chi connectivity index (χ4n) is 3.77. The second kappa shape index (κ2) is 12.2. The van der Waals surface area contributed by atoms with Crippen molar-refractivity contribution in [2.24, 2.45) is 0 Å². The van der Waals surface area contributed by atoms with Crippen LogP contribution in [0.1, 0.15) is 10.6 Å². The molecule has 1 N–H and O–H groups in total. The first kappa shape index (κ1) is 25.9. The zero-order valence-electron chi connectivity index (χ0n) is 21.2. The number of amides is 2. The van der Waals surface area contributed by atoms with Crippen molar-refractivity contribution < 1.29 is 14.3 Å². The van der Waals surface area contributed by atoms with Crippen LogP contribution in [-0.4, -0.2) is 49.4 Å². The van der Waals surface area contributed by atoms with Gasteiger partial charge in [-0.2, -0.15) is 0 Å². The summed E-state index contributed by atoms with van der Waals surface area (Å²) in [5.74, 6) is 0.385. The van der Waals surface area contributed by atoms with Crippen molar-refractivity contribution in [1.29, 1.82) is 0 Å². The summed E-state index contributed by atoms with van der Waals surface area (Å²) >= 11 is 1.47. The lowest BCUT2D eigenvalue weighted by Gasteiger charge is -2.21. The van der Waals surface area contributed by atoms with Gasteiger partial charge in [-0.3, -0.25) is 9.59 Å². The van der Waals surface area contributed by atoms with Crippen LogP contribution in [0.15, 0.2) is 84.2 Å². The molecular formula is C29H30N4O3S. The van der Waals surface area contributed by atoms with Crippen LogP contribution in [0.2, 0.25) is 0 Å². The van der Waals surface area contributed by atoms with Crippen LogP contribution in [0.4, 0.5) is 11.4 Å². The van der Waals surface area contributed by atoms with E-state index in [9.17, 15) is 9.59 Å². The van der Waals surface area contributed by atoms with E-state index in [1.807, 2.05) is 103 Å². The number of hydrogen-bond acceptors (Lipinski definition) is 6. The van der Waals surface area contributed by atoms with Gasteiger partial charge < -0.3 is 19.9 Å². The largest absolute Gasteiger partial charge is 0.497 e. The van der Waals surface area contributed by atoms with E-state index in [1.54, 1.807) is 12.0 Å². The molecule has 0 aliphatic carbocycles. The molecule has 1 aromatic heterocycles. The number of carbonyl (C=O) groups is 2. The predicted molar refractivity (Wildman–Crippen MR) is 149 cm³/mol. The summed E-state index contributed by atoms with van der Waals surface area (Å²) in [6, 6.07) is 24.8. The Labute approximate surface area is 221 Å². The van der Waals surface area contributed by atoms with E-state index in [0.29, 0.717) is 5.69 Å². The standard InChI is InChI=1S/C29H30N4O3S/c1-32(2)24-13-11-23(12-14-24)30-27(34)18-33(29(35)17-21-7-5-4-6-8-21)19-28-31-26(20-37-28)22-9-15-25(36-3)16-10-22/h4-16,20H,17-19H2,1-3H3,(H,30,34). The highest BCUT2D eigenvalue weighted by Crippen LogP contribution is 2.25. The van der Waals surface area contributed by atoms with Gasteiger partial charge in [-0.25, -0.2) is 4.98 Å². The van der Waals surface area contributed by atoms with Gasteiger partial charge in [0.2, 0.25) is 11.8 Å².